The highest BCUT2D eigenvalue weighted by Crippen LogP contribution is 2.23. The highest BCUT2D eigenvalue weighted by atomic mass is 16.7. The number of benzene rings is 2. The van der Waals surface area contributed by atoms with Crippen LogP contribution in [0.25, 0.3) is 0 Å². The van der Waals surface area contributed by atoms with Crippen molar-refractivity contribution >= 4 is 29.4 Å². The van der Waals surface area contributed by atoms with Gasteiger partial charge in [-0.1, -0.05) is 35.4 Å². The van der Waals surface area contributed by atoms with Crippen LogP contribution in [0.1, 0.15) is 20.7 Å². The first-order valence-corrected chi connectivity index (χ1v) is 8.85. The number of hydrogen-bond acceptors (Lipinski definition) is 6. The lowest BCUT2D eigenvalue weighted by Crippen LogP contribution is -2.51. The fourth-order valence-corrected chi connectivity index (χ4v) is 3.31. The van der Waals surface area contributed by atoms with Crippen molar-refractivity contribution in [1.29, 1.82) is 0 Å². The molecule has 2 aliphatic rings. The maximum atomic E-state index is 12.4. The predicted octanol–water partition coefficient (Wildman–Crippen LogP) is 1.09. The standard InChI is InChI=1S/C20H17N3O5/c24-17-15-8-4-5-9-16(15)18(25)23(17)28-20(27)19(26)22-12-10-21(11-13-22)14-6-2-1-3-7-14/h1-9H,10-13H2. The summed E-state index contributed by atoms with van der Waals surface area (Å²) in [6, 6.07) is 15.9. The van der Waals surface area contributed by atoms with Gasteiger partial charge in [-0.05, 0) is 24.3 Å². The minimum Gasteiger partial charge on any atom is -0.368 e. The molecule has 0 aromatic heterocycles. The quantitative estimate of drug-likeness (QED) is 0.573. The molecule has 2 aromatic carbocycles. The summed E-state index contributed by atoms with van der Waals surface area (Å²) in [4.78, 5) is 57.4. The number of imide groups is 1. The number of rotatable bonds is 2. The minimum atomic E-state index is -1.25. The average Bonchev–Trinajstić information content (AvgIpc) is 2.99. The number of anilines is 1. The van der Waals surface area contributed by atoms with Gasteiger partial charge in [-0.25, -0.2) is 4.79 Å². The number of piperazine rings is 1. The van der Waals surface area contributed by atoms with E-state index in [1.165, 1.54) is 17.0 Å². The molecule has 8 nitrogen and oxygen atoms in total. The summed E-state index contributed by atoms with van der Waals surface area (Å²) in [7, 11) is 0. The Morgan fingerprint density at radius 3 is 1.86 bits per heavy atom. The fourth-order valence-electron chi connectivity index (χ4n) is 3.31. The van der Waals surface area contributed by atoms with E-state index in [9.17, 15) is 19.2 Å². The van der Waals surface area contributed by atoms with Crippen molar-refractivity contribution in [2.24, 2.45) is 0 Å². The molecule has 0 saturated carbocycles. The van der Waals surface area contributed by atoms with E-state index in [-0.39, 0.29) is 11.1 Å². The van der Waals surface area contributed by atoms with Gasteiger partial charge in [0.05, 0.1) is 11.1 Å². The zero-order chi connectivity index (χ0) is 19.7. The minimum absolute atomic E-state index is 0.143. The Morgan fingerprint density at radius 2 is 1.29 bits per heavy atom. The summed E-state index contributed by atoms with van der Waals surface area (Å²) >= 11 is 0. The maximum Gasteiger partial charge on any atom is 0.421 e. The van der Waals surface area contributed by atoms with Gasteiger partial charge in [0, 0.05) is 31.9 Å². The van der Waals surface area contributed by atoms with E-state index in [4.69, 9.17) is 4.84 Å². The van der Waals surface area contributed by atoms with Crippen LogP contribution in [0.4, 0.5) is 5.69 Å². The maximum absolute atomic E-state index is 12.4. The van der Waals surface area contributed by atoms with Crippen LogP contribution in [-0.2, 0) is 14.4 Å². The van der Waals surface area contributed by atoms with Crippen molar-refractivity contribution in [3.8, 4) is 0 Å². The van der Waals surface area contributed by atoms with E-state index in [0.29, 0.717) is 31.2 Å². The summed E-state index contributed by atoms with van der Waals surface area (Å²) < 4.78 is 0. The van der Waals surface area contributed by atoms with Crippen molar-refractivity contribution in [2.75, 3.05) is 31.1 Å². The molecule has 0 radical (unpaired) electrons. The molecule has 0 N–H and O–H groups in total. The predicted molar refractivity (Wildman–Crippen MR) is 98.3 cm³/mol. The second-order valence-electron chi connectivity index (χ2n) is 6.44. The average molecular weight is 379 g/mol. The Labute approximate surface area is 160 Å². The molecule has 1 fully saturated rings. The van der Waals surface area contributed by atoms with Gasteiger partial charge in [-0.15, -0.1) is 0 Å². The third kappa shape index (κ3) is 3.09. The van der Waals surface area contributed by atoms with Gasteiger partial charge in [-0.3, -0.25) is 14.4 Å². The van der Waals surface area contributed by atoms with Gasteiger partial charge in [-0.2, -0.15) is 0 Å². The Kier molecular flexibility index (Phi) is 4.52. The second kappa shape index (κ2) is 7.15. The topological polar surface area (TPSA) is 87.2 Å². The van der Waals surface area contributed by atoms with Crippen molar-refractivity contribution < 1.29 is 24.0 Å². The second-order valence-corrected chi connectivity index (χ2v) is 6.44. The molecule has 0 spiro atoms. The van der Waals surface area contributed by atoms with E-state index < -0.39 is 23.7 Å². The third-order valence-corrected chi connectivity index (χ3v) is 4.79. The molecule has 3 amide bonds. The summed E-state index contributed by atoms with van der Waals surface area (Å²) in [5.74, 6) is -3.63. The van der Waals surface area contributed by atoms with E-state index in [0.717, 1.165) is 5.69 Å². The molecular formula is C20H17N3O5. The number of carbonyl (C=O) groups excluding carboxylic acids is 4. The summed E-state index contributed by atoms with van der Waals surface area (Å²) in [5, 5.41) is 0.352. The van der Waals surface area contributed by atoms with E-state index >= 15 is 0 Å². The monoisotopic (exact) mass is 379 g/mol. The Morgan fingerprint density at radius 1 is 0.750 bits per heavy atom. The number of hydroxylamine groups is 2. The molecule has 4 rings (SSSR count). The molecule has 0 aliphatic carbocycles. The van der Waals surface area contributed by atoms with Crippen molar-refractivity contribution in [2.45, 2.75) is 0 Å². The number of para-hydroxylation sites is 1. The van der Waals surface area contributed by atoms with Gasteiger partial charge < -0.3 is 14.6 Å². The highest BCUT2D eigenvalue weighted by Gasteiger charge is 2.40. The number of fused-ring (bicyclic) bond motifs is 1. The Balaban J connectivity index is 1.37. The zero-order valence-electron chi connectivity index (χ0n) is 14.9. The van der Waals surface area contributed by atoms with Crippen LogP contribution in [0, 0.1) is 0 Å². The van der Waals surface area contributed by atoms with E-state index in [2.05, 4.69) is 4.90 Å². The highest BCUT2D eigenvalue weighted by molar-refractivity contribution is 6.33. The van der Waals surface area contributed by atoms with Crippen molar-refractivity contribution in [1.82, 2.24) is 9.96 Å². The number of hydrogen-bond donors (Lipinski definition) is 0. The van der Waals surface area contributed by atoms with Crippen LogP contribution in [0.3, 0.4) is 0 Å². The molecule has 0 unspecified atom stereocenters. The van der Waals surface area contributed by atoms with Crippen molar-refractivity contribution in [3.05, 3.63) is 65.7 Å². The number of nitrogens with zero attached hydrogens (tertiary/aromatic N) is 3. The molecular weight excluding hydrogens is 362 g/mol. The van der Waals surface area contributed by atoms with Crippen LogP contribution >= 0.6 is 0 Å². The number of amides is 3. The molecule has 1 saturated heterocycles. The van der Waals surface area contributed by atoms with Crippen LogP contribution in [0.2, 0.25) is 0 Å². The molecule has 2 heterocycles. The molecule has 8 heteroatoms. The van der Waals surface area contributed by atoms with Crippen molar-refractivity contribution in [3.63, 3.8) is 0 Å². The molecule has 2 aromatic rings. The Bertz CT molecular complexity index is 916. The van der Waals surface area contributed by atoms with E-state index in [1.807, 2.05) is 30.3 Å². The van der Waals surface area contributed by atoms with Crippen LogP contribution in [0.5, 0.6) is 0 Å². The summed E-state index contributed by atoms with van der Waals surface area (Å²) in [6.45, 7) is 1.81. The van der Waals surface area contributed by atoms with E-state index in [1.54, 1.807) is 12.1 Å². The van der Waals surface area contributed by atoms with Gasteiger partial charge >= 0.3 is 11.9 Å². The zero-order valence-corrected chi connectivity index (χ0v) is 14.9. The SMILES string of the molecule is O=C(ON1C(=O)c2ccccc2C1=O)C(=O)N1CCN(c2ccccc2)CC1. The van der Waals surface area contributed by atoms with Gasteiger partial charge in [0.1, 0.15) is 0 Å². The summed E-state index contributed by atoms with van der Waals surface area (Å²) in [6.07, 6.45) is 0. The number of carbonyl (C=O) groups is 4. The first-order valence-electron chi connectivity index (χ1n) is 8.85. The normalized spacial score (nSPS) is 16.2. The van der Waals surface area contributed by atoms with Gasteiger partial charge in [0.25, 0.3) is 11.8 Å². The van der Waals surface area contributed by atoms with Crippen LogP contribution in [0.15, 0.2) is 54.6 Å². The first-order chi connectivity index (χ1) is 13.6. The van der Waals surface area contributed by atoms with Crippen LogP contribution in [-0.4, -0.2) is 59.8 Å². The molecule has 0 bridgehead atoms. The molecule has 2 aliphatic heterocycles. The molecule has 0 atom stereocenters. The largest absolute Gasteiger partial charge is 0.421 e. The summed E-state index contributed by atoms with van der Waals surface area (Å²) in [5.41, 5.74) is 1.33. The van der Waals surface area contributed by atoms with Gasteiger partial charge in [0.2, 0.25) is 0 Å². The van der Waals surface area contributed by atoms with Gasteiger partial charge in [0.15, 0.2) is 0 Å². The molecule has 28 heavy (non-hydrogen) atoms. The smallest absolute Gasteiger partial charge is 0.368 e. The molecule has 142 valence electrons. The fraction of sp³-hybridized carbons (Fsp3) is 0.200. The lowest BCUT2D eigenvalue weighted by Gasteiger charge is -2.35. The lowest BCUT2D eigenvalue weighted by atomic mass is 10.1. The Hall–Kier alpha value is -3.68. The third-order valence-electron chi connectivity index (χ3n) is 4.79. The first kappa shape index (κ1) is 17.7. The van der Waals surface area contributed by atoms with Crippen LogP contribution < -0.4 is 4.90 Å². The lowest BCUT2D eigenvalue weighted by molar-refractivity contribution is -0.177.